The van der Waals surface area contributed by atoms with Gasteiger partial charge < -0.3 is 10.6 Å². The van der Waals surface area contributed by atoms with Gasteiger partial charge in [0.15, 0.2) is 0 Å². The Balaban J connectivity index is 2.26. The number of benzene rings is 2. The lowest BCUT2D eigenvalue weighted by atomic mass is 10.1. The lowest BCUT2D eigenvalue weighted by Gasteiger charge is -2.24. The van der Waals surface area contributed by atoms with Crippen molar-refractivity contribution in [3.05, 3.63) is 65.0 Å². The van der Waals surface area contributed by atoms with Gasteiger partial charge in [-0.05, 0) is 49.2 Å². The molecule has 106 valence electrons. The highest BCUT2D eigenvalue weighted by molar-refractivity contribution is 5.48. The molecular weight excluding hydrogens is 251 g/mol. The van der Waals surface area contributed by atoms with Gasteiger partial charge in [-0.1, -0.05) is 23.8 Å². The molecule has 0 unspecified atom stereocenters. The molecule has 0 aromatic heterocycles. The molecule has 2 aromatic carbocycles. The Labute approximate surface area is 120 Å². The standard InChI is InChI=1S/C17H21FN2/c1-3-20(17-8-4-13(2)5-9-17)12-15-10-16(18)7-6-14(15)11-19/h4-10H,3,11-12,19H2,1-2H3. The van der Waals surface area contributed by atoms with Crippen molar-refractivity contribution in [1.82, 2.24) is 0 Å². The second-order valence-electron chi connectivity index (χ2n) is 4.97. The Kier molecular flexibility index (Phi) is 4.74. The van der Waals surface area contributed by atoms with Crippen LogP contribution >= 0.6 is 0 Å². The van der Waals surface area contributed by atoms with Crippen LogP contribution in [0, 0.1) is 12.7 Å². The van der Waals surface area contributed by atoms with E-state index < -0.39 is 0 Å². The molecule has 0 aliphatic heterocycles. The lowest BCUT2D eigenvalue weighted by molar-refractivity contribution is 0.623. The van der Waals surface area contributed by atoms with E-state index in [1.807, 2.05) is 0 Å². The summed E-state index contributed by atoms with van der Waals surface area (Å²) in [4.78, 5) is 2.22. The Bertz CT molecular complexity index is 564. The minimum atomic E-state index is -0.211. The quantitative estimate of drug-likeness (QED) is 0.900. The summed E-state index contributed by atoms with van der Waals surface area (Å²) in [6.45, 7) is 6.13. The van der Waals surface area contributed by atoms with E-state index in [0.717, 1.165) is 23.4 Å². The summed E-state index contributed by atoms with van der Waals surface area (Å²) < 4.78 is 13.4. The van der Waals surface area contributed by atoms with Crippen LogP contribution in [0.2, 0.25) is 0 Å². The number of hydrogen-bond acceptors (Lipinski definition) is 2. The predicted octanol–water partition coefficient (Wildman–Crippen LogP) is 3.62. The summed E-state index contributed by atoms with van der Waals surface area (Å²) in [5.41, 5.74) is 10.1. The van der Waals surface area contributed by atoms with Crippen molar-refractivity contribution >= 4 is 5.69 Å². The van der Waals surface area contributed by atoms with Crippen LogP contribution in [-0.2, 0) is 13.1 Å². The van der Waals surface area contributed by atoms with Crippen molar-refractivity contribution < 1.29 is 4.39 Å². The zero-order valence-corrected chi connectivity index (χ0v) is 12.1. The number of rotatable bonds is 5. The molecule has 2 nitrogen and oxygen atoms in total. The van der Waals surface area contributed by atoms with Gasteiger partial charge in [0.25, 0.3) is 0 Å². The molecule has 0 radical (unpaired) electrons. The minimum Gasteiger partial charge on any atom is -0.367 e. The molecule has 2 N–H and O–H groups in total. The molecule has 0 spiro atoms. The van der Waals surface area contributed by atoms with Crippen LogP contribution in [-0.4, -0.2) is 6.54 Å². The second-order valence-corrected chi connectivity index (χ2v) is 4.97. The molecule has 0 aliphatic carbocycles. The van der Waals surface area contributed by atoms with Crippen molar-refractivity contribution in [3.8, 4) is 0 Å². The molecule has 0 saturated heterocycles. The van der Waals surface area contributed by atoms with Crippen LogP contribution in [0.25, 0.3) is 0 Å². The highest BCUT2D eigenvalue weighted by Gasteiger charge is 2.09. The minimum absolute atomic E-state index is 0.211. The fourth-order valence-electron chi connectivity index (χ4n) is 2.29. The predicted molar refractivity (Wildman–Crippen MR) is 82.2 cm³/mol. The maximum Gasteiger partial charge on any atom is 0.123 e. The fourth-order valence-corrected chi connectivity index (χ4v) is 2.29. The number of aryl methyl sites for hydroxylation is 1. The molecule has 0 bridgehead atoms. The second kappa shape index (κ2) is 6.53. The van der Waals surface area contributed by atoms with Crippen molar-refractivity contribution in [2.75, 3.05) is 11.4 Å². The summed E-state index contributed by atoms with van der Waals surface area (Å²) in [5, 5.41) is 0. The van der Waals surface area contributed by atoms with Gasteiger partial charge in [0, 0.05) is 25.3 Å². The first-order valence-electron chi connectivity index (χ1n) is 6.93. The number of halogens is 1. The molecule has 3 heteroatoms. The van der Waals surface area contributed by atoms with Gasteiger partial charge in [-0.2, -0.15) is 0 Å². The number of nitrogens with two attached hydrogens (primary N) is 1. The topological polar surface area (TPSA) is 29.3 Å². The largest absolute Gasteiger partial charge is 0.367 e. The molecule has 0 fully saturated rings. The summed E-state index contributed by atoms with van der Waals surface area (Å²) in [6, 6.07) is 13.2. The van der Waals surface area contributed by atoms with Gasteiger partial charge in [-0.25, -0.2) is 4.39 Å². The molecule has 2 rings (SSSR count). The van der Waals surface area contributed by atoms with Crippen LogP contribution in [0.15, 0.2) is 42.5 Å². The van der Waals surface area contributed by atoms with Crippen molar-refractivity contribution in [1.29, 1.82) is 0 Å². The summed E-state index contributed by atoms with van der Waals surface area (Å²) in [5.74, 6) is -0.211. The number of anilines is 1. The average molecular weight is 272 g/mol. The Morgan fingerprint density at radius 1 is 1.05 bits per heavy atom. The van der Waals surface area contributed by atoms with E-state index in [4.69, 9.17) is 5.73 Å². The van der Waals surface area contributed by atoms with Crippen LogP contribution < -0.4 is 10.6 Å². The number of hydrogen-bond donors (Lipinski definition) is 1. The maximum absolute atomic E-state index is 13.4. The number of nitrogens with zero attached hydrogens (tertiary/aromatic N) is 1. The third-order valence-electron chi connectivity index (χ3n) is 3.53. The van der Waals surface area contributed by atoms with E-state index >= 15 is 0 Å². The highest BCUT2D eigenvalue weighted by atomic mass is 19.1. The van der Waals surface area contributed by atoms with Crippen LogP contribution in [0.4, 0.5) is 10.1 Å². The molecule has 20 heavy (non-hydrogen) atoms. The van der Waals surface area contributed by atoms with E-state index in [1.54, 1.807) is 12.1 Å². The maximum atomic E-state index is 13.4. The monoisotopic (exact) mass is 272 g/mol. The Morgan fingerprint density at radius 3 is 2.35 bits per heavy atom. The Hall–Kier alpha value is -1.87. The molecular formula is C17H21FN2. The van der Waals surface area contributed by atoms with E-state index in [-0.39, 0.29) is 5.82 Å². The van der Waals surface area contributed by atoms with Gasteiger partial charge in [0.2, 0.25) is 0 Å². The van der Waals surface area contributed by atoms with Crippen LogP contribution in [0.1, 0.15) is 23.6 Å². The van der Waals surface area contributed by atoms with Gasteiger partial charge >= 0.3 is 0 Å². The van der Waals surface area contributed by atoms with E-state index in [2.05, 4.69) is 43.0 Å². The van der Waals surface area contributed by atoms with E-state index in [1.165, 1.54) is 11.6 Å². The first-order valence-corrected chi connectivity index (χ1v) is 6.93. The zero-order chi connectivity index (χ0) is 14.5. The van der Waals surface area contributed by atoms with Crippen molar-refractivity contribution in [2.45, 2.75) is 26.9 Å². The van der Waals surface area contributed by atoms with Crippen molar-refractivity contribution in [3.63, 3.8) is 0 Å². The van der Waals surface area contributed by atoms with Gasteiger partial charge in [-0.15, -0.1) is 0 Å². The molecule has 0 atom stereocenters. The lowest BCUT2D eigenvalue weighted by Crippen LogP contribution is -2.23. The van der Waals surface area contributed by atoms with Crippen molar-refractivity contribution in [2.24, 2.45) is 5.73 Å². The smallest absolute Gasteiger partial charge is 0.123 e. The molecule has 2 aromatic rings. The SMILES string of the molecule is CCN(Cc1cc(F)ccc1CN)c1ccc(C)cc1. The molecule has 0 amide bonds. The van der Waals surface area contributed by atoms with Gasteiger partial charge in [0.1, 0.15) is 5.82 Å². The highest BCUT2D eigenvalue weighted by Crippen LogP contribution is 2.20. The zero-order valence-electron chi connectivity index (χ0n) is 12.1. The van der Waals surface area contributed by atoms with E-state index in [0.29, 0.717) is 13.1 Å². The van der Waals surface area contributed by atoms with Gasteiger partial charge in [-0.3, -0.25) is 0 Å². The average Bonchev–Trinajstić information content (AvgIpc) is 2.46. The van der Waals surface area contributed by atoms with E-state index in [9.17, 15) is 4.39 Å². The third kappa shape index (κ3) is 3.36. The van der Waals surface area contributed by atoms with Crippen LogP contribution in [0.3, 0.4) is 0 Å². The summed E-state index contributed by atoms with van der Waals surface area (Å²) in [7, 11) is 0. The fraction of sp³-hybridized carbons (Fsp3) is 0.294. The first kappa shape index (κ1) is 14.5. The normalized spacial score (nSPS) is 10.6. The Morgan fingerprint density at radius 2 is 1.75 bits per heavy atom. The first-order chi connectivity index (χ1) is 9.63. The molecule has 0 heterocycles. The van der Waals surface area contributed by atoms with Crippen LogP contribution in [0.5, 0.6) is 0 Å². The summed E-state index contributed by atoms with van der Waals surface area (Å²) in [6.07, 6.45) is 0. The van der Waals surface area contributed by atoms with Gasteiger partial charge in [0.05, 0.1) is 0 Å². The third-order valence-corrected chi connectivity index (χ3v) is 3.53. The molecule has 0 aliphatic rings. The molecule has 0 saturated carbocycles. The summed E-state index contributed by atoms with van der Waals surface area (Å²) >= 11 is 0.